The number of hydrogen-bond acceptors (Lipinski definition) is 9. The van der Waals surface area contributed by atoms with Gasteiger partial charge >= 0.3 is 11.4 Å². The van der Waals surface area contributed by atoms with Gasteiger partial charge in [0, 0.05) is 62.6 Å². The first-order valence-electron chi connectivity index (χ1n) is 24.2. The van der Waals surface area contributed by atoms with Crippen LogP contribution >= 0.6 is 22.6 Å². The summed E-state index contributed by atoms with van der Waals surface area (Å²) in [6, 6.07) is 33.8. The molecule has 0 aliphatic heterocycles. The van der Waals surface area contributed by atoms with Crippen LogP contribution in [0.2, 0.25) is 0 Å². The fourth-order valence-corrected chi connectivity index (χ4v) is 10.6. The lowest BCUT2D eigenvalue weighted by Gasteiger charge is -2.43. The number of nitrogens with zero attached hydrogens (tertiary/aromatic N) is 6. The molecule has 0 atom stereocenters. The third-order valence-electron chi connectivity index (χ3n) is 14.3. The molecule has 0 radical (unpaired) electrons. The smallest absolute Gasteiger partial charge is 0.338 e. The first-order chi connectivity index (χ1) is 34.9. The maximum Gasteiger partial charge on any atom is 0.347 e. The van der Waals surface area contributed by atoms with Gasteiger partial charge in [-0.1, -0.05) is 67.1 Å². The number of H-pyrrole nitrogens is 1. The third kappa shape index (κ3) is 8.52. The van der Waals surface area contributed by atoms with Crippen molar-refractivity contribution in [3.8, 4) is 28.1 Å². The van der Waals surface area contributed by atoms with Crippen LogP contribution in [0.1, 0.15) is 75.0 Å². The van der Waals surface area contributed by atoms with Gasteiger partial charge in [0.2, 0.25) is 5.91 Å². The summed E-state index contributed by atoms with van der Waals surface area (Å²) >= 11 is 2.01. The van der Waals surface area contributed by atoms with Gasteiger partial charge in [-0.3, -0.25) is 28.1 Å². The lowest BCUT2D eigenvalue weighted by Crippen LogP contribution is -2.48. The number of benzene rings is 4. The first kappa shape index (κ1) is 46.8. The molecule has 2 saturated carbocycles. The SMILES string of the molecule is Cc1c(=O)n(C)c(Nc2ccc(I)cc2F)c2c(=O)n(C3CC3)c(=O)n(-c3cccc(NC(=O)CCCCCNC4(c5ccc(-c6nc7ccn8c(=O)[nH]nc8c7cc6-c6ccccc6)cc5)CCC4)c3)c12. The number of hydrogen-bond donors (Lipinski definition) is 4. The summed E-state index contributed by atoms with van der Waals surface area (Å²) < 4.78 is 21.2. The normalized spacial score (nSPS) is 14.2. The average molecular weight is 1080 g/mol. The molecule has 11 rings (SSSR count). The van der Waals surface area contributed by atoms with E-state index in [9.17, 15) is 24.0 Å². The van der Waals surface area contributed by atoms with Crippen LogP contribution < -0.4 is 38.4 Å². The minimum absolute atomic E-state index is 0.0679. The first-order valence-corrected chi connectivity index (χ1v) is 25.3. The highest BCUT2D eigenvalue weighted by Gasteiger charge is 2.38. The van der Waals surface area contributed by atoms with Gasteiger partial charge in [0.15, 0.2) is 5.65 Å². The lowest BCUT2D eigenvalue weighted by molar-refractivity contribution is -0.116. The number of rotatable bonds is 15. The molecule has 0 bridgehead atoms. The lowest BCUT2D eigenvalue weighted by atomic mass is 9.71. The molecule has 17 heteroatoms. The molecule has 2 aliphatic rings. The Morgan fingerprint density at radius 2 is 1.67 bits per heavy atom. The summed E-state index contributed by atoms with van der Waals surface area (Å²) in [7, 11) is 1.51. The topological polar surface area (TPSA) is 182 Å². The molecule has 2 aliphatic carbocycles. The molecule has 15 nitrogen and oxygen atoms in total. The Morgan fingerprint density at radius 3 is 2.40 bits per heavy atom. The van der Waals surface area contributed by atoms with Crippen LogP contribution in [0.4, 0.5) is 21.6 Å². The number of anilines is 3. The van der Waals surface area contributed by atoms with E-state index in [0.29, 0.717) is 46.3 Å². The molecule has 364 valence electrons. The van der Waals surface area contributed by atoms with Crippen molar-refractivity contribution in [1.82, 2.24) is 38.6 Å². The zero-order valence-corrected chi connectivity index (χ0v) is 41.8. The van der Waals surface area contributed by atoms with Gasteiger partial charge in [-0.15, -0.1) is 0 Å². The number of fused-ring (bicyclic) bond motifs is 4. The number of aryl methyl sites for hydroxylation is 1. The summed E-state index contributed by atoms with van der Waals surface area (Å²) in [5, 5.41) is 17.5. The van der Waals surface area contributed by atoms with Crippen molar-refractivity contribution in [2.75, 3.05) is 17.2 Å². The highest BCUT2D eigenvalue weighted by Crippen LogP contribution is 2.43. The van der Waals surface area contributed by atoms with Crippen LogP contribution in [0.25, 0.3) is 55.5 Å². The second kappa shape index (κ2) is 18.9. The number of amides is 1. The van der Waals surface area contributed by atoms with Crippen LogP contribution in [0.5, 0.6) is 0 Å². The Bertz CT molecular complexity index is 3870. The standard InChI is InChI=1S/C55H50FIN10O5/c1-32-48-46(50(64(2)51(32)69)61-44-23-20-36(57)29-42(44)56)52(70)67(38-21-22-38)54(72)66(48)39-14-9-13-37(30-39)59-45(68)15-7-4-8-27-58-55(25-10-26-55)35-18-16-34(17-19-35)47-40(33-11-5-3-6-12-33)31-41-43(60-47)24-28-65-49(41)62-63-53(65)71/h3,5-6,9,11-14,16-20,23-24,28-31,38,58,61H,4,7-8,10,15,21-22,25-27H2,1-2H3,(H,59,68)(H,63,71). The highest BCUT2D eigenvalue weighted by molar-refractivity contribution is 14.1. The van der Waals surface area contributed by atoms with Crippen molar-refractivity contribution in [3.63, 3.8) is 0 Å². The molecule has 0 spiro atoms. The van der Waals surface area contributed by atoms with Crippen LogP contribution in [-0.2, 0) is 17.4 Å². The van der Waals surface area contributed by atoms with Gasteiger partial charge in [0.1, 0.15) is 17.0 Å². The molecular formula is C55H50FIN10O5. The van der Waals surface area contributed by atoms with E-state index in [4.69, 9.17) is 4.98 Å². The number of halogens is 2. The van der Waals surface area contributed by atoms with Crippen molar-refractivity contribution in [2.24, 2.45) is 7.05 Å². The Balaban J connectivity index is 0.760. The van der Waals surface area contributed by atoms with Crippen LogP contribution in [-0.4, -0.2) is 45.7 Å². The van der Waals surface area contributed by atoms with E-state index >= 15 is 4.39 Å². The zero-order valence-electron chi connectivity index (χ0n) is 39.6. The summed E-state index contributed by atoms with van der Waals surface area (Å²) in [6.07, 6.45) is 8.88. The van der Waals surface area contributed by atoms with Crippen molar-refractivity contribution in [2.45, 2.75) is 76.3 Å². The Hall–Kier alpha value is -7.51. The number of carbonyl (C=O) groups is 1. The summed E-state index contributed by atoms with van der Waals surface area (Å²) in [5.41, 5.74) is 5.45. The number of carbonyl (C=O) groups excluding carboxylic acids is 1. The van der Waals surface area contributed by atoms with E-state index < -0.39 is 22.6 Å². The monoisotopic (exact) mass is 1080 g/mol. The minimum Gasteiger partial charge on any atom is -0.338 e. The van der Waals surface area contributed by atoms with E-state index in [2.05, 4.69) is 68.6 Å². The van der Waals surface area contributed by atoms with Gasteiger partial charge in [-0.25, -0.2) is 28.5 Å². The van der Waals surface area contributed by atoms with Crippen molar-refractivity contribution >= 4 is 73.1 Å². The zero-order chi connectivity index (χ0) is 49.8. The maximum atomic E-state index is 15.2. The van der Waals surface area contributed by atoms with E-state index in [1.165, 1.54) is 42.8 Å². The van der Waals surface area contributed by atoms with Gasteiger partial charge in [0.05, 0.1) is 28.1 Å². The predicted molar refractivity (Wildman–Crippen MR) is 287 cm³/mol. The molecule has 4 aromatic carbocycles. The van der Waals surface area contributed by atoms with E-state index in [1.807, 2.05) is 46.9 Å². The van der Waals surface area contributed by atoms with E-state index in [0.717, 1.165) is 71.9 Å². The van der Waals surface area contributed by atoms with Crippen molar-refractivity contribution in [3.05, 3.63) is 178 Å². The number of aromatic amines is 1. The van der Waals surface area contributed by atoms with Crippen molar-refractivity contribution in [1.29, 1.82) is 0 Å². The molecule has 2 fully saturated rings. The van der Waals surface area contributed by atoms with Crippen molar-refractivity contribution < 1.29 is 9.18 Å². The molecule has 9 aromatic rings. The van der Waals surface area contributed by atoms with Gasteiger partial charge in [-0.2, -0.15) is 5.10 Å². The largest absolute Gasteiger partial charge is 0.347 e. The summed E-state index contributed by atoms with van der Waals surface area (Å²) in [5.74, 6) is -0.666. The molecule has 5 aromatic heterocycles. The van der Waals surface area contributed by atoms with E-state index in [-0.39, 0.29) is 51.1 Å². The van der Waals surface area contributed by atoms with Crippen LogP contribution in [0, 0.1) is 16.3 Å². The predicted octanol–water partition coefficient (Wildman–Crippen LogP) is 9.37. The number of unbranched alkanes of at least 4 members (excludes halogenated alkanes) is 2. The van der Waals surface area contributed by atoms with Gasteiger partial charge in [0.25, 0.3) is 11.1 Å². The second-order valence-corrected chi connectivity index (χ2v) is 20.2. The molecule has 4 N–H and O–H groups in total. The molecule has 1 amide bonds. The van der Waals surface area contributed by atoms with Gasteiger partial charge < -0.3 is 16.0 Å². The number of pyridine rings is 3. The highest BCUT2D eigenvalue weighted by atomic mass is 127. The van der Waals surface area contributed by atoms with E-state index in [1.54, 1.807) is 43.5 Å². The quantitative estimate of drug-likeness (QED) is 0.0574. The maximum absolute atomic E-state index is 15.2. The summed E-state index contributed by atoms with van der Waals surface area (Å²) in [6.45, 7) is 2.37. The number of aromatic nitrogens is 7. The van der Waals surface area contributed by atoms with Crippen LogP contribution in [0.15, 0.2) is 135 Å². The Morgan fingerprint density at radius 1 is 0.875 bits per heavy atom. The molecule has 5 heterocycles. The third-order valence-corrected chi connectivity index (χ3v) is 14.9. The molecule has 0 unspecified atom stereocenters. The average Bonchev–Trinajstić information content (AvgIpc) is 4.14. The number of nitrogens with one attached hydrogen (secondary N) is 4. The second-order valence-electron chi connectivity index (χ2n) is 18.9. The summed E-state index contributed by atoms with van der Waals surface area (Å²) in [4.78, 5) is 73.3. The molecular weight excluding hydrogens is 1030 g/mol. The van der Waals surface area contributed by atoms with Crippen LogP contribution in [0.3, 0.4) is 0 Å². The Labute approximate surface area is 424 Å². The van der Waals surface area contributed by atoms with Gasteiger partial charge in [-0.05, 0) is 141 Å². The minimum atomic E-state index is -0.593. The fourth-order valence-electron chi connectivity index (χ4n) is 10.1. The Kier molecular flexibility index (Phi) is 12.3. The fraction of sp³-hybridized carbons (Fsp3) is 0.255. The molecule has 72 heavy (non-hydrogen) atoms. The molecule has 0 saturated heterocycles.